The zero-order valence-corrected chi connectivity index (χ0v) is 22.5. The van der Waals surface area contributed by atoms with Gasteiger partial charge < -0.3 is 14.4 Å². The Kier molecular flexibility index (Phi) is 6.00. The molecule has 1 aromatic carbocycles. The van der Waals surface area contributed by atoms with Crippen LogP contribution in [0.25, 0.3) is 33.1 Å². The van der Waals surface area contributed by atoms with Crippen molar-refractivity contribution < 1.29 is 13.9 Å². The number of rotatable bonds is 6. The molecule has 0 N–H and O–H groups in total. The number of hydrogen-bond donors (Lipinski definition) is 0. The maximum atomic E-state index is 15.7. The van der Waals surface area contributed by atoms with Gasteiger partial charge in [0.1, 0.15) is 18.2 Å². The van der Waals surface area contributed by atoms with Gasteiger partial charge in [0.25, 0.3) is 0 Å². The molecule has 0 bridgehead atoms. The Labute approximate surface area is 230 Å². The van der Waals surface area contributed by atoms with Gasteiger partial charge in [-0.2, -0.15) is 5.26 Å². The smallest absolute Gasteiger partial charge is 0.329 e. The summed E-state index contributed by atoms with van der Waals surface area (Å²) in [6.07, 6.45) is 8.69. The van der Waals surface area contributed by atoms with Crippen LogP contribution in [-0.2, 0) is 12.6 Å². The van der Waals surface area contributed by atoms with Crippen molar-refractivity contribution >= 4 is 21.9 Å². The Hall–Kier alpha value is -3.97. The number of hydrogen-bond acceptors (Lipinski definition) is 7. The van der Waals surface area contributed by atoms with Crippen molar-refractivity contribution in [3.8, 4) is 28.8 Å². The first-order valence-electron chi connectivity index (χ1n) is 14.1. The highest BCUT2D eigenvalue weighted by atomic mass is 19.1. The molecule has 2 aliphatic heterocycles. The number of halogens is 1. The molecular weight excluding hydrogens is 511 g/mol. The summed E-state index contributed by atoms with van der Waals surface area (Å²) in [7, 11) is 1.76. The SMILES string of the molecule is Cn1c(=O)n2c3c4c(c(-c5ccc(OCCCN6CCC(C#N)CC6)nc5)c(F)cc4ncc31)OCC21CCC1. The van der Waals surface area contributed by atoms with Crippen molar-refractivity contribution in [2.45, 2.75) is 44.1 Å². The molecule has 0 unspecified atom stereocenters. The van der Waals surface area contributed by atoms with E-state index >= 15 is 4.39 Å². The summed E-state index contributed by atoms with van der Waals surface area (Å²) >= 11 is 0. The minimum atomic E-state index is -0.445. The number of imidazole rings is 1. The molecule has 9 nitrogen and oxygen atoms in total. The van der Waals surface area contributed by atoms with Crippen LogP contribution in [0.5, 0.6) is 11.6 Å². The molecule has 7 rings (SSSR count). The quantitative estimate of drug-likeness (QED) is 0.334. The van der Waals surface area contributed by atoms with Gasteiger partial charge in [-0.3, -0.25) is 14.1 Å². The molecular formula is C30H31FN6O3. The Morgan fingerprint density at radius 2 is 2.05 bits per heavy atom. The number of piperidine rings is 1. The van der Waals surface area contributed by atoms with E-state index in [4.69, 9.17) is 14.7 Å². The van der Waals surface area contributed by atoms with Gasteiger partial charge in [-0.25, -0.2) is 14.2 Å². The molecule has 1 saturated heterocycles. The summed E-state index contributed by atoms with van der Waals surface area (Å²) in [4.78, 5) is 24.7. The van der Waals surface area contributed by atoms with Crippen molar-refractivity contribution in [1.29, 1.82) is 5.26 Å². The lowest BCUT2D eigenvalue weighted by Gasteiger charge is -2.41. The van der Waals surface area contributed by atoms with Crippen molar-refractivity contribution in [2.75, 3.05) is 32.8 Å². The molecule has 0 amide bonds. The fraction of sp³-hybridized carbons (Fsp3) is 0.467. The standard InChI is InChI=1S/C30H31FN6O3/c1-35-23-17-33-22-14-21(31)25(28-26(22)27(23)37(29(35)38)30(18-40-28)8-2-9-30)20-4-5-24(34-16-20)39-13-3-10-36-11-6-19(15-32)7-12-36/h4-5,14,16-17,19H,2-3,6-13,18H2,1H3. The number of pyridine rings is 2. The monoisotopic (exact) mass is 542 g/mol. The number of nitrogens with zero attached hydrogens (tertiary/aromatic N) is 6. The lowest BCUT2D eigenvalue weighted by molar-refractivity contribution is 0.0719. The number of aryl methyl sites for hydroxylation is 1. The van der Waals surface area contributed by atoms with E-state index in [2.05, 4.69) is 20.9 Å². The Balaban J connectivity index is 1.16. The van der Waals surface area contributed by atoms with Crippen LogP contribution in [0.15, 0.2) is 35.4 Å². The first kappa shape index (κ1) is 25.0. The fourth-order valence-corrected chi connectivity index (χ4v) is 6.53. The van der Waals surface area contributed by atoms with Crippen LogP contribution in [-0.4, -0.2) is 56.9 Å². The number of aromatic nitrogens is 4. The topological polar surface area (TPSA) is 98.2 Å². The molecule has 4 aromatic rings. The predicted octanol–water partition coefficient (Wildman–Crippen LogP) is 4.37. The molecule has 3 aliphatic rings. The number of benzene rings is 1. The first-order chi connectivity index (χ1) is 19.5. The average Bonchev–Trinajstić information content (AvgIpc) is 3.10. The van der Waals surface area contributed by atoms with Gasteiger partial charge in [-0.05, 0) is 57.7 Å². The van der Waals surface area contributed by atoms with Crippen LogP contribution >= 0.6 is 0 Å². The van der Waals surface area contributed by atoms with Gasteiger partial charge >= 0.3 is 5.69 Å². The van der Waals surface area contributed by atoms with E-state index in [9.17, 15) is 4.79 Å². The highest BCUT2D eigenvalue weighted by Crippen LogP contribution is 2.48. The summed E-state index contributed by atoms with van der Waals surface area (Å²) in [5.41, 5.74) is 2.30. The van der Waals surface area contributed by atoms with E-state index in [0.717, 1.165) is 63.7 Å². The molecule has 1 aliphatic carbocycles. The van der Waals surface area contributed by atoms with E-state index in [1.165, 1.54) is 6.07 Å². The second-order valence-electron chi connectivity index (χ2n) is 11.3. The highest BCUT2D eigenvalue weighted by Gasteiger charge is 2.45. The van der Waals surface area contributed by atoms with Crippen molar-refractivity contribution in [3.05, 3.63) is 46.9 Å². The predicted molar refractivity (Wildman–Crippen MR) is 148 cm³/mol. The number of ether oxygens (including phenoxy) is 2. The van der Waals surface area contributed by atoms with Gasteiger partial charge in [0, 0.05) is 43.4 Å². The maximum absolute atomic E-state index is 15.7. The summed E-state index contributed by atoms with van der Waals surface area (Å²) in [6, 6.07) is 7.34. The maximum Gasteiger partial charge on any atom is 0.329 e. The van der Waals surface area contributed by atoms with Crippen molar-refractivity contribution in [2.24, 2.45) is 13.0 Å². The van der Waals surface area contributed by atoms with Gasteiger partial charge in [-0.1, -0.05) is 0 Å². The molecule has 5 heterocycles. The second-order valence-corrected chi connectivity index (χ2v) is 11.3. The van der Waals surface area contributed by atoms with Gasteiger partial charge in [0.05, 0.1) is 51.9 Å². The molecule has 0 radical (unpaired) electrons. The minimum absolute atomic E-state index is 0.0962. The van der Waals surface area contributed by atoms with E-state index in [1.807, 2.05) is 4.57 Å². The second kappa shape index (κ2) is 9.59. The van der Waals surface area contributed by atoms with E-state index in [-0.39, 0.29) is 11.6 Å². The molecule has 10 heteroatoms. The van der Waals surface area contributed by atoms with Gasteiger partial charge in [0.2, 0.25) is 5.88 Å². The Bertz CT molecular complexity index is 1710. The average molecular weight is 543 g/mol. The first-order valence-corrected chi connectivity index (χ1v) is 14.1. The number of fused-ring (bicyclic) bond motifs is 1. The molecule has 206 valence electrons. The van der Waals surface area contributed by atoms with Crippen LogP contribution in [0, 0.1) is 23.1 Å². The van der Waals surface area contributed by atoms with Crippen molar-refractivity contribution in [1.82, 2.24) is 24.0 Å². The van der Waals surface area contributed by atoms with E-state index in [0.29, 0.717) is 52.4 Å². The van der Waals surface area contributed by atoms with Crippen LogP contribution < -0.4 is 15.2 Å². The minimum Gasteiger partial charge on any atom is -0.490 e. The summed E-state index contributed by atoms with van der Waals surface area (Å²) in [6.45, 7) is 3.66. The summed E-state index contributed by atoms with van der Waals surface area (Å²) in [5.74, 6) is 0.631. The molecule has 0 atom stereocenters. The fourth-order valence-electron chi connectivity index (χ4n) is 6.53. The van der Waals surface area contributed by atoms with Crippen LogP contribution in [0.2, 0.25) is 0 Å². The zero-order chi connectivity index (χ0) is 27.4. The molecule has 2 fully saturated rings. The highest BCUT2D eigenvalue weighted by molar-refractivity contribution is 6.09. The normalized spacial score (nSPS) is 18.5. The molecule has 40 heavy (non-hydrogen) atoms. The summed E-state index contributed by atoms with van der Waals surface area (Å²) in [5, 5.41) is 9.72. The molecule has 3 aromatic heterocycles. The third kappa shape index (κ3) is 3.86. The van der Waals surface area contributed by atoms with Crippen molar-refractivity contribution in [3.63, 3.8) is 0 Å². The third-order valence-corrected chi connectivity index (χ3v) is 8.99. The van der Waals surface area contributed by atoms with Crippen LogP contribution in [0.4, 0.5) is 4.39 Å². The van der Waals surface area contributed by atoms with E-state index < -0.39 is 11.4 Å². The molecule has 1 spiro atoms. The van der Waals surface area contributed by atoms with Gasteiger partial charge in [-0.15, -0.1) is 0 Å². The lowest BCUT2D eigenvalue weighted by atomic mass is 9.77. The summed E-state index contributed by atoms with van der Waals surface area (Å²) < 4.78 is 31.4. The van der Waals surface area contributed by atoms with Crippen LogP contribution in [0.1, 0.15) is 38.5 Å². The Morgan fingerprint density at radius 3 is 2.75 bits per heavy atom. The molecule has 1 saturated carbocycles. The zero-order valence-electron chi connectivity index (χ0n) is 22.5. The Morgan fingerprint density at radius 1 is 1.23 bits per heavy atom. The van der Waals surface area contributed by atoms with Gasteiger partial charge in [0.15, 0.2) is 0 Å². The lowest BCUT2D eigenvalue weighted by Crippen LogP contribution is -2.50. The third-order valence-electron chi connectivity index (χ3n) is 8.99. The van der Waals surface area contributed by atoms with E-state index in [1.54, 1.807) is 36.1 Å². The largest absolute Gasteiger partial charge is 0.490 e. The van der Waals surface area contributed by atoms with Crippen LogP contribution in [0.3, 0.4) is 0 Å². The number of nitriles is 1. The number of likely N-dealkylation sites (tertiary alicyclic amines) is 1.